The molecule has 0 spiro atoms. The number of nitrogens with one attached hydrogen (secondary N) is 1. The van der Waals surface area contributed by atoms with Crippen molar-refractivity contribution in [1.82, 2.24) is 5.32 Å². The predicted octanol–water partition coefficient (Wildman–Crippen LogP) is 3.48. The van der Waals surface area contributed by atoms with Crippen LogP contribution in [0, 0.1) is 0 Å². The molecule has 0 bridgehead atoms. The lowest BCUT2D eigenvalue weighted by Gasteiger charge is -2.22. The van der Waals surface area contributed by atoms with E-state index in [-0.39, 0.29) is 23.7 Å². The molecular formula is C22H28N2O3. The standard InChI is InChI=1S/C22H28N2O3/c1-22(2,3)18-11-9-16(10-12-18)19(13-20(25)27-4)24-21(26)17-7-5-15(14-23)6-8-17/h5-12,19H,13-14,23H2,1-4H3,(H,24,26). The molecule has 3 N–H and O–H groups in total. The van der Waals surface area contributed by atoms with Crippen LogP contribution in [0.4, 0.5) is 0 Å². The second kappa shape index (κ2) is 8.82. The third-order valence-corrected chi connectivity index (χ3v) is 4.53. The van der Waals surface area contributed by atoms with Gasteiger partial charge in [0.15, 0.2) is 0 Å². The van der Waals surface area contributed by atoms with Crippen LogP contribution >= 0.6 is 0 Å². The topological polar surface area (TPSA) is 81.4 Å². The molecule has 2 aromatic rings. The highest BCUT2D eigenvalue weighted by molar-refractivity contribution is 5.94. The third-order valence-electron chi connectivity index (χ3n) is 4.53. The van der Waals surface area contributed by atoms with E-state index in [1.165, 1.54) is 12.7 Å². The van der Waals surface area contributed by atoms with Crippen LogP contribution in [0.1, 0.15) is 60.3 Å². The molecule has 1 atom stereocenters. The Balaban J connectivity index is 2.22. The summed E-state index contributed by atoms with van der Waals surface area (Å²) in [6.07, 6.45) is 0.0674. The number of methoxy groups -OCH3 is 1. The Morgan fingerprint density at radius 2 is 1.63 bits per heavy atom. The fourth-order valence-electron chi connectivity index (χ4n) is 2.75. The fourth-order valence-corrected chi connectivity index (χ4v) is 2.75. The molecule has 0 heterocycles. The van der Waals surface area contributed by atoms with Crippen LogP contribution in [0.15, 0.2) is 48.5 Å². The van der Waals surface area contributed by atoms with E-state index >= 15 is 0 Å². The molecule has 0 saturated heterocycles. The average molecular weight is 368 g/mol. The number of ether oxygens (including phenoxy) is 1. The lowest BCUT2D eigenvalue weighted by molar-refractivity contribution is -0.141. The number of nitrogens with two attached hydrogens (primary N) is 1. The molecule has 1 unspecified atom stereocenters. The van der Waals surface area contributed by atoms with Crippen molar-refractivity contribution < 1.29 is 14.3 Å². The Bertz CT molecular complexity index is 775. The molecule has 0 saturated carbocycles. The van der Waals surface area contributed by atoms with Gasteiger partial charge in [-0.3, -0.25) is 9.59 Å². The van der Waals surface area contributed by atoms with E-state index in [0.717, 1.165) is 11.1 Å². The van der Waals surface area contributed by atoms with Gasteiger partial charge in [-0.2, -0.15) is 0 Å². The maximum Gasteiger partial charge on any atom is 0.307 e. The Morgan fingerprint density at radius 1 is 1.04 bits per heavy atom. The van der Waals surface area contributed by atoms with Gasteiger partial charge in [0.1, 0.15) is 0 Å². The highest BCUT2D eigenvalue weighted by Crippen LogP contribution is 2.25. The molecule has 0 aliphatic carbocycles. The van der Waals surface area contributed by atoms with Crippen molar-refractivity contribution in [3.63, 3.8) is 0 Å². The Morgan fingerprint density at radius 3 is 2.11 bits per heavy atom. The van der Waals surface area contributed by atoms with Crippen molar-refractivity contribution in [2.75, 3.05) is 7.11 Å². The van der Waals surface area contributed by atoms with Crippen molar-refractivity contribution in [3.05, 3.63) is 70.8 Å². The Kier molecular flexibility index (Phi) is 6.75. The predicted molar refractivity (Wildman–Crippen MR) is 106 cm³/mol. The van der Waals surface area contributed by atoms with Gasteiger partial charge in [0.2, 0.25) is 0 Å². The maximum absolute atomic E-state index is 12.6. The molecule has 0 radical (unpaired) electrons. The molecular weight excluding hydrogens is 340 g/mol. The number of hydrogen-bond donors (Lipinski definition) is 2. The average Bonchev–Trinajstić information content (AvgIpc) is 2.66. The van der Waals surface area contributed by atoms with Crippen molar-refractivity contribution in [2.45, 2.75) is 45.2 Å². The van der Waals surface area contributed by atoms with Gasteiger partial charge in [-0.1, -0.05) is 57.2 Å². The first-order chi connectivity index (χ1) is 12.7. The number of benzene rings is 2. The number of carbonyl (C=O) groups is 2. The van der Waals surface area contributed by atoms with Crippen molar-refractivity contribution in [2.24, 2.45) is 5.73 Å². The SMILES string of the molecule is COC(=O)CC(NC(=O)c1ccc(CN)cc1)c1ccc(C(C)(C)C)cc1. The zero-order valence-corrected chi connectivity index (χ0v) is 16.4. The van der Waals surface area contributed by atoms with Gasteiger partial charge in [-0.25, -0.2) is 0 Å². The highest BCUT2D eigenvalue weighted by Gasteiger charge is 2.21. The number of amides is 1. The smallest absolute Gasteiger partial charge is 0.307 e. The monoisotopic (exact) mass is 368 g/mol. The molecule has 27 heavy (non-hydrogen) atoms. The van der Waals surface area contributed by atoms with Crippen LogP contribution in [-0.2, 0) is 21.5 Å². The van der Waals surface area contributed by atoms with E-state index in [2.05, 4.69) is 26.1 Å². The van der Waals surface area contributed by atoms with E-state index in [9.17, 15) is 9.59 Å². The largest absolute Gasteiger partial charge is 0.469 e. The Labute approximate surface area is 160 Å². The van der Waals surface area contributed by atoms with Gasteiger partial charge in [0.05, 0.1) is 19.6 Å². The van der Waals surface area contributed by atoms with Crippen LogP contribution in [-0.4, -0.2) is 19.0 Å². The van der Waals surface area contributed by atoms with Crippen molar-refractivity contribution in [3.8, 4) is 0 Å². The fraction of sp³-hybridized carbons (Fsp3) is 0.364. The lowest BCUT2D eigenvalue weighted by Crippen LogP contribution is -2.30. The first kappa shape index (κ1) is 20.6. The summed E-state index contributed by atoms with van der Waals surface area (Å²) >= 11 is 0. The molecule has 0 aliphatic heterocycles. The van der Waals surface area contributed by atoms with E-state index in [1.807, 2.05) is 36.4 Å². The van der Waals surface area contributed by atoms with Gasteiger partial charge in [0.25, 0.3) is 5.91 Å². The molecule has 5 nitrogen and oxygen atoms in total. The van der Waals surface area contributed by atoms with Gasteiger partial charge in [-0.15, -0.1) is 0 Å². The van der Waals surface area contributed by atoms with Crippen LogP contribution < -0.4 is 11.1 Å². The minimum atomic E-state index is -0.465. The maximum atomic E-state index is 12.6. The van der Waals surface area contributed by atoms with Crippen molar-refractivity contribution in [1.29, 1.82) is 0 Å². The van der Waals surface area contributed by atoms with Gasteiger partial charge < -0.3 is 15.8 Å². The molecule has 0 fully saturated rings. The minimum absolute atomic E-state index is 0.0321. The molecule has 1 amide bonds. The van der Waals surface area contributed by atoms with E-state index in [1.54, 1.807) is 12.1 Å². The molecule has 5 heteroatoms. The normalized spacial score (nSPS) is 12.3. The quantitative estimate of drug-likeness (QED) is 0.765. The van der Waals surface area contributed by atoms with Crippen molar-refractivity contribution >= 4 is 11.9 Å². The van der Waals surface area contributed by atoms with Gasteiger partial charge in [-0.05, 0) is 34.2 Å². The Hall–Kier alpha value is -2.66. The number of esters is 1. The summed E-state index contributed by atoms with van der Waals surface area (Å²) in [5, 5.41) is 2.94. The molecule has 2 rings (SSSR count). The first-order valence-corrected chi connectivity index (χ1v) is 9.01. The summed E-state index contributed by atoms with van der Waals surface area (Å²) in [6, 6.07) is 14.6. The molecule has 2 aromatic carbocycles. The second-order valence-corrected chi connectivity index (χ2v) is 7.58. The second-order valence-electron chi connectivity index (χ2n) is 7.58. The molecule has 144 valence electrons. The highest BCUT2D eigenvalue weighted by atomic mass is 16.5. The molecule has 0 aliphatic rings. The zero-order valence-electron chi connectivity index (χ0n) is 16.4. The minimum Gasteiger partial charge on any atom is -0.469 e. The first-order valence-electron chi connectivity index (χ1n) is 9.01. The van der Waals surface area contributed by atoms with Crippen LogP contribution in [0.2, 0.25) is 0 Å². The summed E-state index contributed by atoms with van der Waals surface area (Å²) in [7, 11) is 1.34. The van der Waals surface area contributed by atoms with E-state index < -0.39 is 6.04 Å². The summed E-state index contributed by atoms with van der Waals surface area (Å²) in [5.41, 5.74) is 9.15. The third kappa shape index (κ3) is 5.66. The summed E-state index contributed by atoms with van der Waals surface area (Å²) in [6.45, 7) is 6.84. The van der Waals surface area contributed by atoms with Crippen LogP contribution in [0.25, 0.3) is 0 Å². The summed E-state index contributed by atoms with van der Waals surface area (Å²) < 4.78 is 4.79. The van der Waals surface area contributed by atoms with Crippen LogP contribution in [0.5, 0.6) is 0 Å². The number of rotatable bonds is 6. The van der Waals surface area contributed by atoms with Gasteiger partial charge in [0, 0.05) is 12.1 Å². The van der Waals surface area contributed by atoms with Gasteiger partial charge >= 0.3 is 5.97 Å². The lowest BCUT2D eigenvalue weighted by atomic mass is 9.86. The molecule has 0 aromatic heterocycles. The van der Waals surface area contributed by atoms with E-state index in [0.29, 0.717) is 12.1 Å². The van der Waals surface area contributed by atoms with Crippen LogP contribution in [0.3, 0.4) is 0 Å². The number of hydrogen-bond acceptors (Lipinski definition) is 4. The summed E-state index contributed by atoms with van der Waals surface area (Å²) in [4.78, 5) is 24.5. The zero-order chi connectivity index (χ0) is 20.0. The summed E-state index contributed by atoms with van der Waals surface area (Å²) in [5.74, 6) is -0.619. The van der Waals surface area contributed by atoms with E-state index in [4.69, 9.17) is 10.5 Å². The number of carbonyl (C=O) groups excluding carboxylic acids is 2.